The summed E-state index contributed by atoms with van der Waals surface area (Å²) in [5, 5.41) is 3.26. The number of nitrogens with two attached hydrogens (primary N) is 1. The third kappa shape index (κ3) is 2.74. The van der Waals surface area contributed by atoms with Crippen molar-refractivity contribution >= 4 is 5.69 Å². The summed E-state index contributed by atoms with van der Waals surface area (Å²) in [6.07, 6.45) is -3.57. The minimum Gasteiger partial charge on any atom is -0.378 e. The van der Waals surface area contributed by atoms with Crippen molar-refractivity contribution in [1.29, 1.82) is 0 Å². The highest BCUT2D eigenvalue weighted by atomic mass is 19.4. The summed E-state index contributed by atoms with van der Waals surface area (Å²) in [7, 11) is 0. The van der Waals surface area contributed by atoms with E-state index in [0.717, 1.165) is 29.7 Å². The van der Waals surface area contributed by atoms with Crippen molar-refractivity contribution in [3.05, 3.63) is 65.2 Å². The summed E-state index contributed by atoms with van der Waals surface area (Å²) >= 11 is 0. The Bertz CT molecular complexity index is 635. The maximum absolute atomic E-state index is 12.5. The first-order valence-electron chi connectivity index (χ1n) is 6.73. The zero-order chi connectivity index (χ0) is 15.0. The number of halogens is 3. The molecule has 2 aromatic carbocycles. The van der Waals surface area contributed by atoms with Gasteiger partial charge in [-0.25, -0.2) is 0 Å². The highest BCUT2D eigenvalue weighted by molar-refractivity contribution is 5.50. The Morgan fingerprint density at radius 3 is 2.19 bits per heavy atom. The molecule has 3 rings (SSSR count). The lowest BCUT2D eigenvalue weighted by Gasteiger charge is -2.16. The Morgan fingerprint density at radius 2 is 1.57 bits per heavy atom. The second-order valence-electron chi connectivity index (χ2n) is 5.24. The van der Waals surface area contributed by atoms with Gasteiger partial charge in [0.2, 0.25) is 0 Å². The van der Waals surface area contributed by atoms with Gasteiger partial charge in [0.1, 0.15) is 0 Å². The zero-order valence-corrected chi connectivity index (χ0v) is 11.2. The van der Waals surface area contributed by atoms with Crippen LogP contribution in [0.25, 0.3) is 0 Å². The third-order valence-electron chi connectivity index (χ3n) is 3.81. The molecule has 1 aliphatic carbocycles. The standard InChI is InChI=1S/C16H15F3N2/c17-16(18,19)10-5-7-11(8-6-10)21-15-9-14(20)12-3-1-2-4-13(12)15/h1-8,14-15,21H,9,20H2. The van der Waals surface area contributed by atoms with Crippen molar-refractivity contribution in [2.45, 2.75) is 24.7 Å². The lowest BCUT2D eigenvalue weighted by molar-refractivity contribution is -0.137. The van der Waals surface area contributed by atoms with Crippen molar-refractivity contribution in [3.8, 4) is 0 Å². The number of benzene rings is 2. The van der Waals surface area contributed by atoms with Gasteiger partial charge in [-0.1, -0.05) is 24.3 Å². The van der Waals surface area contributed by atoms with Crippen LogP contribution in [0.1, 0.15) is 35.2 Å². The molecule has 2 nitrogen and oxygen atoms in total. The quantitative estimate of drug-likeness (QED) is 0.868. The van der Waals surface area contributed by atoms with E-state index in [9.17, 15) is 13.2 Å². The van der Waals surface area contributed by atoms with E-state index in [1.54, 1.807) is 0 Å². The maximum Gasteiger partial charge on any atom is 0.416 e. The molecule has 5 heteroatoms. The average molecular weight is 292 g/mol. The van der Waals surface area contributed by atoms with Gasteiger partial charge in [-0.15, -0.1) is 0 Å². The van der Waals surface area contributed by atoms with Gasteiger partial charge in [-0.2, -0.15) is 13.2 Å². The van der Waals surface area contributed by atoms with Gasteiger partial charge in [0.25, 0.3) is 0 Å². The monoisotopic (exact) mass is 292 g/mol. The largest absolute Gasteiger partial charge is 0.416 e. The summed E-state index contributed by atoms with van der Waals surface area (Å²) in [5.41, 5.74) is 8.32. The molecule has 0 saturated heterocycles. The van der Waals surface area contributed by atoms with Gasteiger partial charge in [-0.3, -0.25) is 0 Å². The minimum absolute atomic E-state index is 0.0341. The molecule has 0 aliphatic heterocycles. The molecule has 2 unspecified atom stereocenters. The first-order valence-corrected chi connectivity index (χ1v) is 6.73. The fourth-order valence-corrected chi connectivity index (χ4v) is 2.77. The molecule has 2 aromatic rings. The molecular formula is C16H15F3N2. The van der Waals surface area contributed by atoms with Crippen molar-refractivity contribution in [1.82, 2.24) is 0 Å². The van der Waals surface area contributed by atoms with Crippen LogP contribution in [0.3, 0.4) is 0 Å². The molecule has 3 N–H and O–H groups in total. The van der Waals surface area contributed by atoms with Gasteiger partial charge < -0.3 is 11.1 Å². The van der Waals surface area contributed by atoms with Crippen molar-refractivity contribution in [2.24, 2.45) is 5.73 Å². The smallest absolute Gasteiger partial charge is 0.378 e. The Morgan fingerprint density at radius 1 is 0.952 bits per heavy atom. The summed E-state index contributed by atoms with van der Waals surface area (Å²) in [6, 6.07) is 13.0. The zero-order valence-electron chi connectivity index (χ0n) is 11.2. The number of alkyl halides is 3. The van der Waals surface area contributed by atoms with E-state index >= 15 is 0 Å². The predicted molar refractivity (Wildman–Crippen MR) is 75.8 cm³/mol. The maximum atomic E-state index is 12.5. The van der Waals surface area contributed by atoms with Crippen molar-refractivity contribution in [3.63, 3.8) is 0 Å². The van der Waals surface area contributed by atoms with Crippen molar-refractivity contribution in [2.75, 3.05) is 5.32 Å². The fraction of sp³-hybridized carbons (Fsp3) is 0.250. The molecular weight excluding hydrogens is 277 g/mol. The predicted octanol–water partition coefficient (Wildman–Crippen LogP) is 4.26. The summed E-state index contributed by atoms with van der Waals surface area (Å²) in [5.74, 6) is 0. The molecule has 0 saturated carbocycles. The van der Waals surface area contributed by atoms with Gasteiger partial charge in [-0.05, 0) is 41.8 Å². The van der Waals surface area contributed by atoms with E-state index in [4.69, 9.17) is 5.73 Å². The molecule has 0 spiro atoms. The van der Waals surface area contributed by atoms with Crippen LogP contribution in [0.5, 0.6) is 0 Å². The number of nitrogens with one attached hydrogen (secondary N) is 1. The Labute approximate surface area is 120 Å². The third-order valence-corrected chi connectivity index (χ3v) is 3.81. The SMILES string of the molecule is NC1CC(Nc2ccc(C(F)(F)F)cc2)c2ccccc21. The van der Waals surface area contributed by atoms with Crippen LogP contribution < -0.4 is 11.1 Å². The van der Waals surface area contributed by atoms with E-state index in [0.29, 0.717) is 5.69 Å². The molecule has 2 atom stereocenters. The normalized spacial score (nSPS) is 21.1. The molecule has 110 valence electrons. The van der Waals surface area contributed by atoms with Crippen LogP contribution in [0.4, 0.5) is 18.9 Å². The molecule has 0 aromatic heterocycles. The van der Waals surface area contributed by atoms with Gasteiger partial charge in [0.15, 0.2) is 0 Å². The number of fused-ring (bicyclic) bond motifs is 1. The highest BCUT2D eigenvalue weighted by Gasteiger charge is 2.31. The second-order valence-corrected chi connectivity index (χ2v) is 5.24. The minimum atomic E-state index is -4.30. The van der Waals surface area contributed by atoms with Gasteiger partial charge in [0.05, 0.1) is 11.6 Å². The second kappa shape index (κ2) is 5.07. The van der Waals surface area contributed by atoms with Crippen LogP contribution in [-0.2, 0) is 6.18 Å². The van der Waals surface area contributed by atoms with E-state index in [2.05, 4.69) is 5.32 Å². The lowest BCUT2D eigenvalue weighted by Crippen LogP contribution is -2.10. The number of hydrogen-bond acceptors (Lipinski definition) is 2. The van der Waals surface area contributed by atoms with Gasteiger partial charge in [0, 0.05) is 11.7 Å². The van der Waals surface area contributed by atoms with Crippen LogP contribution >= 0.6 is 0 Å². The van der Waals surface area contributed by atoms with Crippen LogP contribution in [0, 0.1) is 0 Å². The van der Waals surface area contributed by atoms with E-state index in [1.807, 2.05) is 24.3 Å². The summed E-state index contributed by atoms with van der Waals surface area (Å²) in [4.78, 5) is 0. The Balaban J connectivity index is 1.79. The summed E-state index contributed by atoms with van der Waals surface area (Å²) in [6.45, 7) is 0. The molecule has 0 bridgehead atoms. The van der Waals surface area contributed by atoms with Crippen molar-refractivity contribution < 1.29 is 13.2 Å². The molecule has 1 aliphatic rings. The van der Waals surface area contributed by atoms with E-state index < -0.39 is 11.7 Å². The average Bonchev–Trinajstić information content (AvgIpc) is 2.76. The topological polar surface area (TPSA) is 38.0 Å². The van der Waals surface area contributed by atoms with Gasteiger partial charge >= 0.3 is 6.18 Å². The fourth-order valence-electron chi connectivity index (χ4n) is 2.77. The molecule has 0 heterocycles. The lowest BCUT2D eigenvalue weighted by atomic mass is 10.1. The van der Waals surface area contributed by atoms with Crippen LogP contribution in [0.15, 0.2) is 48.5 Å². The van der Waals surface area contributed by atoms with E-state index in [1.165, 1.54) is 12.1 Å². The number of anilines is 1. The van der Waals surface area contributed by atoms with E-state index in [-0.39, 0.29) is 12.1 Å². The number of rotatable bonds is 2. The molecule has 0 radical (unpaired) electrons. The highest BCUT2D eigenvalue weighted by Crippen LogP contribution is 2.39. The Kier molecular flexibility index (Phi) is 3.37. The molecule has 0 fully saturated rings. The Hall–Kier alpha value is -2.01. The van der Waals surface area contributed by atoms with Crippen LogP contribution in [0.2, 0.25) is 0 Å². The van der Waals surface area contributed by atoms with Crippen LogP contribution in [-0.4, -0.2) is 0 Å². The molecule has 21 heavy (non-hydrogen) atoms. The first-order chi connectivity index (χ1) is 9.95. The summed E-state index contributed by atoms with van der Waals surface area (Å²) < 4.78 is 37.6. The first kappa shape index (κ1) is 13.9. The number of hydrogen-bond donors (Lipinski definition) is 2. The molecule has 0 amide bonds.